The number of halogens is 1. The van der Waals surface area contributed by atoms with E-state index in [9.17, 15) is 8.42 Å². The molecule has 20 heavy (non-hydrogen) atoms. The maximum atomic E-state index is 12.6. The Labute approximate surface area is 133 Å². The normalized spacial score (nSPS) is 18.6. The second-order valence-electron chi connectivity index (χ2n) is 5.15. The van der Waals surface area contributed by atoms with E-state index in [1.807, 2.05) is 6.92 Å². The molecule has 2 heterocycles. The van der Waals surface area contributed by atoms with E-state index in [2.05, 4.69) is 28.2 Å². The number of nitrogens with zero attached hydrogens (tertiary/aromatic N) is 1. The van der Waals surface area contributed by atoms with Gasteiger partial charge in [0.25, 0.3) is 10.0 Å². The molecule has 0 saturated carbocycles. The molecule has 1 aromatic rings. The van der Waals surface area contributed by atoms with Crippen molar-refractivity contribution in [1.82, 2.24) is 9.62 Å². The molecule has 114 valence electrons. The van der Waals surface area contributed by atoms with Crippen LogP contribution in [-0.2, 0) is 10.0 Å². The van der Waals surface area contributed by atoms with Crippen LogP contribution < -0.4 is 5.32 Å². The van der Waals surface area contributed by atoms with E-state index in [0.29, 0.717) is 23.3 Å². The van der Waals surface area contributed by atoms with Gasteiger partial charge in [0.1, 0.15) is 4.21 Å². The summed E-state index contributed by atoms with van der Waals surface area (Å²) in [4.78, 5) is 0. The quantitative estimate of drug-likeness (QED) is 0.853. The molecule has 0 unspecified atom stereocenters. The van der Waals surface area contributed by atoms with Crippen LogP contribution in [0.3, 0.4) is 0 Å². The van der Waals surface area contributed by atoms with Gasteiger partial charge in [-0.2, -0.15) is 4.31 Å². The van der Waals surface area contributed by atoms with E-state index in [1.165, 1.54) is 11.3 Å². The first-order valence-electron chi connectivity index (χ1n) is 6.94. The Kier molecular flexibility index (Phi) is 5.64. The Morgan fingerprint density at radius 2 is 2.10 bits per heavy atom. The maximum Gasteiger partial charge on any atom is 0.252 e. The summed E-state index contributed by atoms with van der Waals surface area (Å²) in [5.74, 6) is 0. The number of aryl methyl sites for hydroxylation is 1. The van der Waals surface area contributed by atoms with Crippen LogP contribution in [0.1, 0.15) is 31.7 Å². The number of thiophene rings is 1. The zero-order chi connectivity index (χ0) is 14.8. The summed E-state index contributed by atoms with van der Waals surface area (Å²) in [5.41, 5.74) is 0.980. The zero-order valence-corrected chi connectivity index (χ0v) is 15.1. The molecular formula is C13H21BrN2O2S2. The second-order valence-corrected chi connectivity index (χ2v) is 9.69. The predicted molar refractivity (Wildman–Crippen MR) is 86.8 cm³/mol. The van der Waals surface area contributed by atoms with Crippen molar-refractivity contribution < 1.29 is 8.42 Å². The summed E-state index contributed by atoms with van der Waals surface area (Å²) < 4.78 is 28.1. The van der Waals surface area contributed by atoms with Crippen molar-refractivity contribution in [1.29, 1.82) is 0 Å². The summed E-state index contributed by atoms with van der Waals surface area (Å²) in [6.07, 6.45) is 2.90. The molecule has 0 bridgehead atoms. The third-order valence-electron chi connectivity index (χ3n) is 3.57. The molecule has 0 radical (unpaired) electrons. The topological polar surface area (TPSA) is 49.4 Å². The number of rotatable bonds is 5. The summed E-state index contributed by atoms with van der Waals surface area (Å²) >= 11 is 4.70. The van der Waals surface area contributed by atoms with Gasteiger partial charge in [0.05, 0.1) is 3.79 Å². The van der Waals surface area contributed by atoms with Gasteiger partial charge in [0, 0.05) is 19.1 Å². The fraction of sp³-hybridized carbons (Fsp3) is 0.692. The highest BCUT2D eigenvalue weighted by Gasteiger charge is 2.30. The number of nitrogens with one attached hydrogen (secondary N) is 1. The molecule has 4 nitrogen and oxygen atoms in total. The van der Waals surface area contributed by atoms with Crippen molar-refractivity contribution >= 4 is 37.3 Å². The molecule has 1 aliphatic rings. The van der Waals surface area contributed by atoms with Crippen LogP contribution >= 0.6 is 27.3 Å². The number of hydrogen-bond donors (Lipinski definition) is 1. The van der Waals surface area contributed by atoms with Gasteiger partial charge in [0.2, 0.25) is 0 Å². The third kappa shape index (κ3) is 3.62. The molecule has 2 rings (SSSR count). The first kappa shape index (κ1) is 16.4. The second kappa shape index (κ2) is 6.87. The smallest absolute Gasteiger partial charge is 0.252 e. The lowest BCUT2D eigenvalue weighted by atomic mass is 10.1. The molecule has 1 fully saturated rings. The third-order valence-corrected chi connectivity index (χ3v) is 8.05. The Balaban J connectivity index is 2.02. The molecule has 0 amide bonds. The molecule has 1 aromatic heterocycles. The van der Waals surface area contributed by atoms with Gasteiger partial charge in [-0.25, -0.2) is 8.42 Å². The fourth-order valence-electron chi connectivity index (χ4n) is 2.33. The van der Waals surface area contributed by atoms with Crippen molar-refractivity contribution in [2.45, 2.75) is 43.4 Å². The molecule has 0 atom stereocenters. The van der Waals surface area contributed by atoms with Crippen LogP contribution in [0.25, 0.3) is 0 Å². The van der Waals surface area contributed by atoms with Crippen LogP contribution in [0.4, 0.5) is 0 Å². The lowest BCUT2D eigenvalue weighted by molar-refractivity contribution is 0.290. The summed E-state index contributed by atoms with van der Waals surface area (Å²) in [5, 5.41) is 3.47. The first-order chi connectivity index (χ1) is 9.45. The van der Waals surface area contributed by atoms with E-state index < -0.39 is 10.0 Å². The summed E-state index contributed by atoms with van der Waals surface area (Å²) in [6, 6.07) is 2.21. The largest absolute Gasteiger partial charge is 0.314 e. The fourth-order valence-corrected chi connectivity index (χ4v) is 6.19. The molecule has 0 aromatic carbocycles. The Bertz CT molecular complexity index is 529. The molecule has 1 saturated heterocycles. The van der Waals surface area contributed by atoms with Crippen LogP contribution in [-0.4, -0.2) is 38.4 Å². The van der Waals surface area contributed by atoms with E-state index in [0.717, 1.165) is 35.2 Å². The number of hydrogen-bond acceptors (Lipinski definition) is 4. The lowest BCUT2D eigenvalue weighted by Crippen LogP contribution is -2.44. The highest BCUT2D eigenvalue weighted by atomic mass is 79.9. The van der Waals surface area contributed by atoms with Gasteiger partial charge in [-0.1, -0.05) is 6.92 Å². The van der Waals surface area contributed by atoms with Crippen molar-refractivity contribution in [3.63, 3.8) is 0 Å². The minimum absolute atomic E-state index is 0.446. The minimum Gasteiger partial charge on any atom is -0.314 e. The highest BCUT2D eigenvalue weighted by Crippen LogP contribution is 2.33. The number of sulfonamides is 1. The van der Waals surface area contributed by atoms with E-state index in [1.54, 1.807) is 10.4 Å². The summed E-state index contributed by atoms with van der Waals surface area (Å²) in [7, 11) is -3.31. The van der Waals surface area contributed by atoms with E-state index in [4.69, 9.17) is 0 Å². The van der Waals surface area contributed by atoms with Crippen LogP contribution in [0.5, 0.6) is 0 Å². The van der Waals surface area contributed by atoms with Gasteiger partial charge < -0.3 is 5.32 Å². The van der Waals surface area contributed by atoms with E-state index >= 15 is 0 Å². The Hall–Kier alpha value is 0.0500. The summed E-state index contributed by atoms with van der Waals surface area (Å²) in [6.45, 7) is 6.29. The molecule has 1 aliphatic heterocycles. The zero-order valence-electron chi connectivity index (χ0n) is 11.9. The lowest BCUT2D eigenvalue weighted by Gasteiger charge is -2.31. The molecule has 0 aliphatic carbocycles. The average molecular weight is 381 g/mol. The highest BCUT2D eigenvalue weighted by molar-refractivity contribution is 9.11. The van der Waals surface area contributed by atoms with Gasteiger partial charge >= 0.3 is 0 Å². The Morgan fingerprint density at radius 1 is 1.45 bits per heavy atom. The minimum atomic E-state index is -3.31. The van der Waals surface area contributed by atoms with Crippen molar-refractivity contribution in [2.24, 2.45) is 0 Å². The Morgan fingerprint density at radius 3 is 2.60 bits per heavy atom. The number of piperidine rings is 1. The standard InChI is InChI=1S/C13H21BrN2O2S2/c1-3-6-15-11-4-7-16(8-5-11)20(17,18)12-9-10(2)13(14)19-12/h9,11,15H,3-8H2,1-2H3. The SMILES string of the molecule is CCCNC1CCN(S(=O)(=O)c2cc(C)c(Br)s2)CC1. The van der Waals surface area contributed by atoms with Gasteiger partial charge in [-0.3, -0.25) is 0 Å². The van der Waals surface area contributed by atoms with Crippen molar-refractivity contribution in [3.8, 4) is 0 Å². The van der Waals surface area contributed by atoms with Gasteiger partial charge in [0.15, 0.2) is 0 Å². The van der Waals surface area contributed by atoms with Crippen molar-refractivity contribution in [3.05, 3.63) is 15.4 Å². The average Bonchev–Trinajstić information content (AvgIpc) is 2.77. The predicted octanol–water partition coefficient (Wildman–Crippen LogP) is 2.97. The van der Waals surface area contributed by atoms with Crippen LogP contribution in [0, 0.1) is 6.92 Å². The molecular weight excluding hydrogens is 360 g/mol. The van der Waals surface area contributed by atoms with Gasteiger partial charge in [-0.15, -0.1) is 11.3 Å². The van der Waals surface area contributed by atoms with Crippen molar-refractivity contribution in [2.75, 3.05) is 19.6 Å². The molecule has 0 spiro atoms. The van der Waals surface area contributed by atoms with Crippen LogP contribution in [0.2, 0.25) is 0 Å². The molecule has 7 heteroatoms. The first-order valence-corrected chi connectivity index (χ1v) is 9.99. The van der Waals surface area contributed by atoms with E-state index in [-0.39, 0.29) is 0 Å². The monoisotopic (exact) mass is 380 g/mol. The maximum absolute atomic E-state index is 12.6. The van der Waals surface area contributed by atoms with Crippen LogP contribution in [0.15, 0.2) is 14.1 Å². The van der Waals surface area contributed by atoms with Gasteiger partial charge in [-0.05, 0) is 60.3 Å². The molecule has 1 N–H and O–H groups in total.